The lowest BCUT2D eigenvalue weighted by Crippen LogP contribution is -2.38. The van der Waals surface area contributed by atoms with Crippen molar-refractivity contribution in [1.29, 1.82) is 0 Å². The van der Waals surface area contributed by atoms with Crippen LogP contribution in [-0.4, -0.2) is 74.5 Å². The number of hydrogen-bond donors (Lipinski definition) is 2. The Morgan fingerprint density at radius 1 is 1.23 bits per heavy atom. The molecule has 170 valence electrons. The van der Waals surface area contributed by atoms with Gasteiger partial charge in [0, 0.05) is 25.3 Å². The number of hydrogen-bond acceptors (Lipinski definition) is 7. The molecule has 31 heavy (non-hydrogen) atoms. The summed E-state index contributed by atoms with van der Waals surface area (Å²) in [5.74, 6) is -1.06. The molecular formula is C21H29N3O6S. The largest absolute Gasteiger partial charge is 0.466 e. The molecule has 2 N–H and O–H groups in total. The molecule has 0 saturated heterocycles. The molecule has 9 nitrogen and oxygen atoms in total. The molecule has 1 aliphatic carbocycles. The summed E-state index contributed by atoms with van der Waals surface area (Å²) >= 11 is 0. The number of nitrogens with zero attached hydrogens (tertiary/aromatic N) is 2. The number of β-amino-alcohol motifs (C(OH)–C–C–N with tert-alkyl or cyclic N) is 1. The van der Waals surface area contributed by atoms with E-state index in [1.165, 1.54) is 28.4 Å². The molecule has 1 aromatic carbocycles. The Labute approximate surface area is 182 Å². The maximum absolute atomic E-state index is 13.0. The molecule has 1 amide bonds. The van der Waals surface area contributed by atoms with Gasteiger partial charge in [-0.15, -0.1) is 0 Å². The number of anilines is 1. The van der Waals surface area contributed by atoms with Crippen LogP contribution in [0.2, 0.25) is 0 Å². The van der Waals surface area contributed by atoms with Crippen molar-refractivity contribution in [3.8, 4) is 0 Å². The minimum atomic E-state index is -3.62. The predicted molar refractivity (Wildman–Crippen MR) is 115 cm³/mol. The van der Waals surface area contributed by atoms with Gasteiger partial charge >= 0.3 is 5.97 Å². The fourth-order valence-electron chi connectivity index (χ4n) is 4.01. The number of nitrogens with one attached hydrogen (secondary N) is 1. The number of aliphatic hydroxyl groups excluding tert-OH is 1. The summed E-state index contributed by atoms with van der Waals surface area (Å²) < 4.78 is 32.2. The van der Waals surface area contributed by atoms with Crippen LogP contribution in [0, 0.1) is 0 Å². The van der Waals surface area contributed by atoms with Gasteiger partial charge in [0.2, 0.25) is 10.0 Å². The zero-order valence-electron chi connectivity index (χ0n) is 17.8. The SMILES string of the molecule is COC(=O)C1=C(Nc2ccc(S(=O)(=O)N(C)C3CCCCC3)cc2)C(=O)N(CCO)C1. The van der Waals surface area contributed by atoms with Crippen molar-refractivity contribution in [3.63, 3.8) is 0 Å². The highest BCUT2D eigenvalue weighted by Gasteiger charge is 2.34. The first-order valence-corrected chi connectivity index (χ1v) is 11.8. The Morgan fingerprint density at radius 3 is 2.45 bits per heavy atom. The van der Waals surface area contributed by atoms with E-state index in [-0.39, 0.29) is 41.9 Å². The molecule has 1 aliphatic heterocycles. The van der Waals surface area contributed by atoms with Crippen molar-refractivity contribution in [2.24, 2.45) is 0 Å². The topological polar surface area (TPSA) is 116 Å². The van der Waals surface area contributed by atoms with Crippen LogP contribution >= 0.6 is 0 Å². The lowest BCUT2D eigenvalue weighted by molar-refractivity contribution is -0.136. The first-order chi connectivity index (χ1) is 14.8. The van der Waals surface area contributed by atoms with Gasteiger partial charge in [-0.05, 0) is 37.1 Å². The summed E-state index contributed by atoms with van der Waals surface area (Å²) in [6.45, 7) is -0.100. The van der Waals surface area contributed by atoms with Crippen molar-refractivity contribution in [2.45, 2.75) is 43.0 Å². The predicted octanol–water partition coefficient (Wildman–Crippen LogP) is 1.31. The fourth-order valence-corrected chi connectivity index (χ4v) is 5.43. The summed E-state index contributed by atoms with van der Waals surface area (Å²) in [6.07, 6.45) is 4.94. The molecule has 0 bridgehead atoms. The first-order valence-electron chi connectivity index (χ1n) is 10.4. The highest BCUT2D eigenvalue weighted by molar-refractivity contribution is 7.89. The van der Waals surface area contributed by atoms with Crippen molar-refractivity contribution in [1.82, 2.24) is 9.21 Å². The number of ether oxygens (including phenoxy) is 1. The first kappa shape index (κ1) is 23.2. The molecule has 1 saturated carbocycles. The third kappa shape index (κ3) is 4.91. The van der Waals surface area contributed by atoms with Crippen LogP contribution in [-0.2, 0) is 24.3 Å². The standard InChI is InChI=1S/C21H29N3O6S/c1-23(16-6-4-3-5-7-16)31(28,29)17-10-8-15(9-11-17)22-19-18(21(27)30-2)14-24(12-13-25)20(19)26/h8-11,16,22,25H,3-7,12-14H2,1-2H3. The van der Waals surface area contributed by atoms with E-state index in [2.05, 4.69) is 5.32 Å². The van der Waals surface area contributed by atoms with E-state index in [9.17, 15) is 18.0 Å². The summed E-state index contributed by atoms with van der Waals surface area (Å²) in [6, 6.07) is 6.11. The van der Waals surface area contributed by atoms with Crippen molar-refractivity contribution >= 4 is 27.6 Å². The lowest BCUT2D eigenvalue weighted by Gasteiger charge is -2.30. The highest BCUT2D eigenvalue weighted by atomic mass is 32.2. The van der Waals surface area contributed by atoms with Gasteiger partial charge in [-0.1, -0.05) is 19.3 Å². The summed E-state index contributed by atoms with van der Waals surface area (Å²) in [5, 5.41) is 12.1. The zero-order chi connectivity index (χ0) is 22.6. The molecule has 0 aromatic heterocycles. The van der Waals surface area contributed by atoms with E-state index in [0.717, 1.165) is 32.1 Å². The summed E-state index contributed by atoms with van der Waals surface area (Å²) in [5.41, 5.74) is 0.694. The Kier molecular flexibility index (Phi) is 7.34. The quantitative estimate of drug-likeness (QED) is 0.573. The van der Waals surface area contributed by atoms with Crippen LogP contribution in [0.15, 0.2) is 40.4 Å². The van der Waals surface area contributed by atoms with Crippen molar-refractivity contribution in [2.75, 3.05) is 39.2 Å². The number of methoxy groups -OCH3 is 1. The molecule has 1 heterocycles. The zero-order valence-corrected chi connectivity index (χ0v) is 18.7. The smallest absolute Gasteiger partial charge is 0.337 e. The Balaban J connectivity index is 1.79. The van der Waals surface area contributed by atoms with Crippen LogP contribution in [0.5, 0.6) is 0 Å². The van der Waals surface area contributed by atoms with Crippen molar-refractivity contribution in [3.05, 3.63) is 35.5 Å². The molecule has 2 aliphatic rings. The maximum atomic E-state index is 13.0. The van der Waals surface area contributed by atoms with Gasteiger partial charge in [0.25, 0.3) is 5.91 Å². The van der Waals surface area contributed by atoms with Gasteiger partial charge < -0.3 is 20.1 Å². The minimum absolute atomic E-state index is 0.0120. The maximum Gasteiger partial charge on any atom is 0.337 e. The van der Waals surface area contributed by atoms with Gasteiger partial charge in [-0.3, -0.25) is 4.79 Å². The van der Waals surface area contributed by atoms with Gasteiger partial charge in [0.1, 0.15) is 5.70 Å². The molecule has 0 atom stereocenters. The van der Waals surface area contributed by atoms with Gasteiger partial charge in [0.05, 0.1) is 30.7 Å². The van der Waals surface area contributed by atoms with Gasteiger partial charge in [-0.2, -0.15) is 4.31 Å². The molecule has 1 aromatic rings. The van der Waals surface area contributed by atoms with E-state index in [1.54, 1.807) is 19.2 Å². The lowest BCUT2D eigenvalue weighted by atomic mass is 9.96. The molecule has 0 radical (unpaired) electrons. The van der Waals surface area contributed by atoms with E-state index >= 15 is 0 Å². The van der Waals surface area contributed by atoms with Gasteiger partial charge in [-0.25, -0.2) is 13.2 Å². The third-order valence-electron chi connectivity index (χ3n) is 5.84. The summed E-state index contributed by atoms with van der Waals surface area (Å²) in [4.78, 5) is 26.2. The molecule has 0 spiro atoms. The fraction of sp³-hybridized carbons (Fsp3) is 0.524. The summed E-state index contributed by atoms with van der Waals surface area (Å²) in [7, 11) is -0.768. The van der Waals surface area contributed by atoms with Crippen LogP contribution in [0.4, 0.5) is 5.69 Å². The second kappa shape index (κ2) is 9.80. The number of rotatable bonds is 8. The van der Waals surface area contributed by atoms with Crippen LogP contribution in [0.3, 0.4) is 0 Å². The third-order valence-corrected chi connectivity index (χ3v) is 7.77. The number of carbonyl (C=O) groups excluding carboxylic acids is 2. The second-order valence-electron chi connectivity index (χ2n) is 7.76. The minimum Gasteiger partial charge on any atom is -0.466 e. The molecule has 0 unspecified atom stereocenters. The highest BCUT2D eigenvalue weighted by Crippen LogP contribution is 2.28. The molecular weight excluding hydrogens is 422 g/mol. The molecule has 10 heteroatoms. The van der Waals surface area contributed by atoms with Gasteiger partial charge in [0.15, 0.2) is 0 Å². The Morgan fingerprint density at radius 2 is 1.87 bits per heavy atom. The van der Waals surface area contributed by atoms with Crippen LogP contribution < -0.4 is 5.32 Å². The van der Waals surface area contributed by atoms with Crippen LogP contribution in [0.1, 0.15) is 32.1 Å². The molecule has 3 rings (SSSR count). The normalized spacial score (nSPS) is 18.1. The average molecular weight is 452 g/mol. The van der Waals surface area contributed by atoms with Crippen LogP contribution in [0.25, 0.3) is 0 Å². The monoisotopic (exact) mass is 451 g/mol. The number of benzene rings is 1. The van der Waals surface area contributed by atoms with Crippen molar-refractivity contribution < 1.29 is 27.9 Å². The van der Waals surface area contributed by atoms with E-state index in [4.69, 9.17) is 9.84 Å². The van der Waals surface area contributed by atoms with E-state index in [0.29, 0.717) is 5.69 Å². The molecule has 1 fully saturated rings. The average Bonchev–Trinajstić information content (AvgIpc) is 3.09. The Bertz CT molecular complexity index is 952. The van der Waals surface area contributed by atoms with E-state index in [1.807, 2.05) is 0 Å². The number of esters is 1. The number of amides is 1. The van der Waals surface area contributed by atoms with E-state index < -0.39 is 21.9 Å². The number of carbonyl (C=O) groups is 2. The number of aliphatic hydroxyl groups is 1. The Hall–Kier alpha value is -2.43. The second-order valence-corrected chi connectivity index (χ2v) is 9.76. The number of sulfonamides is 1.